The molecule has 0 aliphatic heterocycles. The summed E-state index contributed by atoms with van der Waals surface area (Å²) in [6.45, 7) is 1.62. The first kappa shape index (κ1) is 10.4. The lowest BCUT2D eigenvalue weighted by Gasteiger charge is -2.02. The molecule has 0 atom stereocenters. The highest BCUT2D eigenvalue weighted by molar-refractivity contribution is 5.82. The van der Waals surface area contributed by atoms with E-state index in [2.05, 4.69) is 4.98 Å². The molecule has 1 heterocycles. The summed E-state index contributed by atoms with van der Waals surface area (Å²) in [5.74, 6) is -1.96. The number of halogens is 2. The van der Waals surface area contributed by atoms with E-state index in [4.69, 9.17) is 0 Å². The van der Waals surface area contributed by atoms with Gasteiger partial charge in [-0.2, -0.15) is 4.39 Å². The largest absolute Gasteiger partial charge is 0.308 e. The van der Waals surface area contributed by atoms with E-state index < -0.39 is 22.2 Å². The van der Waals surface area contributed by atoms with E-state index >= 15 is 0 Å². The number of benzene rings is 1. The van der Waals surface area contributed by atoms with Gasteiger partial charge >= 0.3 is 5.69 Å². The van der Waals surface area contributed by atoms with Crippen molar-refractivity contribution in [3.8, 4) is 0 Å². The third kappa shape index (κ3) is 1.48. The van der Waals surface area contributed by atoms with Crippen molar-refractivity contribution < 1.29 is 13.7 Å². The number of hydrogen-bond donors (Lipinski definition) is 0. The second kappa shape index (κ2) is 3.48. The van der Waals surface area contributed by atoms with Crippen molar-refractivity contribution in [2.75, 3.05) is 0 Å². The molecule has 0 amide bonds. The van der Waals surface area contributed by atoms with Crippen molar-refractivity contribution in [1.82, 2.24) is 4.98 Å². The Morgan fingerprint density at radius 2 is 2.06 bits per heavy atom. The van der Waals surface area contributed by atoms with E-state index in [-0.39, 0.29) is 10.9 Å². The molecule has 0 fully saturated rings. The molecule has 16 heavy (non-hydrogen) atoms. The van der Waals surface area contributed by atoms with Crippen LogP contribution in [0.15, 0.2) is 18.2 Å². The highest BCUT2D eigenvalue weighted by atomic mass is 19.1. The fourth-order valence-corrected chi connectivity index (χ4v) is 1.44. The van der Waals surface area contributed by atoms with E-state index in [9.17, 15) is 18.9 Å². The Bertz CT molecular complexity index is 599. The van der Waals surface area contributed by atoms with Crippen LogP contribution in [-0.2, 0) is 0 Å². The van der Waals surface area contributed by atoms with Gasteiger partial charge in [0.15, 0.2) is 5.82 Å². The molecule has 2 aromatic rings. The fourth-order valence-electron chi connectivity index (χ4n) is 1.44. The van der Waals surface area contributed by atoms with E-state index in [0.29, 0.717) is 11.8 Å². The van der Waals surface area contributed by atoms with Crippen LogP contribution >= 0.6 is 0 Å². The molecule has 0 unspecified atom stereocenters. The summed E-state index contributed by atoms with van der Waals surface area (Å²) < 4.78 is 27.0. The predicted octanol–water partition coefficient (Wildman–Crippen LogP) is 2.73. The van der Waals surface area contributed by atoms with E-state index in [1.54, 1.807) is 6.92 Å². The molecule has 2 rings (SSSR count). The van der Waals surface area contributed by atoms with Gasteiger partial charge in [-0.25, -0.2) is 9.37 Å². The zero-order valence-electron chi connectivity index (χ0n) is 8.20. The maximum atomic E-state index is 13.6. The molecule has 4 nitrogen and oxygen atoms in total. The summed E-state index contributed by atoms with van der Waals surface area (Å²) in [7, 11) is 0. The van der Waals surface area contributed by atoms with Crippen molar-refractivity contribution in [1.29, 1.82) is 0 Å². The maximum absolute atomic E-state index is 13.6. The van der Waals surface area contributed by atoms with Gasteiger partial charge in [0, 0.05) is 11.1 Å². The Labute approximate surface area is 88.7 Å². The minimum Gasteiger partial charge on any atom is -0.258 e. The molecular formula is C10H6F2N2O2. The standard InChI is InChI=1S/C10H6F2N2O2/c1-5-2-3-6-9(12)8(14(15)16)4-7(11)10(6)13-5/h2-4H,1H3. The molecule has 0 saturated heterocycles. The van der Waals surface area contributed by atoms with Crippen LogP contribution in [0.1, 0.15) is 5.69 Å². The molecule has 1 aromatic carbocycles. The lowest BCUT2D eigenvalue weighted by Crippen LogP contribution is -1.97. The van der Waals surface area contributed by atoms with Crippen molar-refractivity contribution in [3.05, 3.63) is 45.6 Å². The fraction of sp³-hybridized carbons (Fsp3) is 0.100. The first-order valence-corrected chi connectivity index (χ1v) is 4.40. The van der Waals surface area contributed by atoms with Crippen molar-refractivity contribution in [2.45, 2.75) is 6.92 Å². The molecule has 0 bridgehead atoms. The first-order chi connectivity index (χ1) is 7.50. The average Bonchev–Trinajstić information content (AvgIpc) is 2.22. The van der Waals surface area contributed by atoms with Crippen LogP contribution in [0.2, 0.25) is 0 Å². The third-order valence-corrected chi connectivity index (χ3v) is 2.18. The van der Waals surface area contributed by atoms with Crippen molar-refractivity contribution >= 4 is 16.6 Å². The number of nitro groups is 1. The molecule has 1 aromatic heterocycles. The lowest BCUT2D eigenvalue weighted by atomic mass is 10.1. The van der Waals surface area contributed by atoms with Gasteiger partial charge in [0.2, 0.25) is 5.82 Å². The minimum absolute atomic E-state index is 0.183. The second-order valence-electron chi connectivity index (χ2n) is 3.30. The van der Waals surface area contributed by atoms with Gasteiger partial charge in [0.05, 0.1) is 11.0 Å². The highest BCUT2D eigenvalue weighted by Gasteiger charge is 2.21. The molecule has 0 radical (unpaired) electrons. The maximum Gasteiger partial charge on any atom is 0.308 e. The van der Waals surface area contributed by atoms with E-state index in [0.717, 1.165) is 0 Å². The number of hydrogen-bond acceptors (Lipinski definition) is 3. The highest BCUT2D eigenvalue weighted by Crippen LogP contribution is 2.27. The summed E-state index contributed by atoms with van der Waals surface area (Å²) in [5.41, 5.74) is -0.557. The summed E-state index contributed by atoms with van der Waals surface area (Å²) in [6, 6.07) is 3.29. The molecular weight excluding hydrogens is 218 g/mol. The monoisotopic (exact) mass is 224 g/mol. The molecule has 6 heteroatoms. The van der Waals surface area contributed by atoms with Gasteiger partial charge in [0.1, 0.15) is 5.52 Å². The SMILES string of the molecule is Cc1ccc2c(F)c([N+](=O)[O-])cc(F)c2n1. The lowest BCUT2D eigenvalue weighted by molar-refractivity contribution is -0.387. The van der Waals surface area contributed by atoms with Gasteiger partial charge in [-0.15, -0.1) is 0 Å². The molecule has 82 valence electrons. The van der Waals surface area contributed by atoms with Gasteiger partial charge < -0.3 is 0 Å². The smallest absolute Gasteiger partial charge is 0.258 e. The molecule has 0 N–H and O–H groups in total. The quantitative estimate of drug-likeness (QED) is 0.552. The number of fused-ring (bicyclic) bond motifs is 1. The second-order valence-corrected chi connectivity index (χ2v) is 3.30. The molecule has 0 aliphatic carbocycles. The summed E-state index contributed by atoms with van der Waals surface area (Å²) in [4.78, 5) is 13.3. The van der Waals surface area contributed by atoms with Crippen LogP contribution in [0.25, 0.3) is 10.9 Å². The van der Waals surface area contributed by atoms with Gasteiger partial charge in [0.25, 0.3) is 0 Å². The Morgan fingerprint density at radius 3 is 2.69 bits per heavy atom. The van der Waals surface area contributed by atoms with Crippen LogP contribution in [0.4, 0.5) is 14.5 Å². The third-order valence-electron chi connectivity index (χ3n) is 2.18. The number of nitrogens with zero attached hydrogens (tertiary/aromatic N) is 2. The average molecular weight is 224 g/mol. The van der Waals surface area contributed by atoms with E-state index in [1.807, 2.05) is 0 Å². The normalized spacial score (nSPS) is 10.7. The van der Waals surface area contributed by atoms with Crippen molar-refractivity contribution in [2.24, 2.45) is 0 Å². The van der Waals surface area contributed by atoms with Gasteiger partial charge in [-0.1, -0.05) is 0 Å². The Balaban J connectivity index is 2.90. The Hall–Kier alpha value is -2.11. The van der Waals surface area contributed by atoms with Crippen LogP contribution in [0.3, 0.4) is 0 Å². The van der Waals surface area contributed by atoms with Gasteiger partial charge in [-0.3, -0.25) is 10.1 Å². The van der Waals surface area contributed by atoms with Crippen molar-refractivity contribution in [3.63, 3.8) is 0 Å². The van der Waals surface area contributed by atoms with E-state index in [1.165, 1.54) is 12.1 Å². The first-order valence-electron chi connectivity index (χ1n) is 4.40. The number of pyridine rings is 1. The van der Waals surface area contributed by atoms with Crippen LogP contribution < -0.4 is 0 Å². The summed E-state index contributed by atoms with van der Waals surface area (Å²) >= 11 is 0. The summed E-state index contributed by atoms with van der Waals surface area (Å²) in [5, 5.41) is 10.3. The topological polar surface area (TPSA) is 56.0 Å². The molecule has 0 spiro atoms. The number of rotatable bonds is 1. The zero-order valence-corrected chi connectivity index (χ0v) is 8.20. The number of aryl methyl sites for hydroxylation is 1. The van der Waals surface area contributed by atoms with Crippen LogP contribution in [-0.4, -0.2) is 9.91 Å². The number of nitro benzene ring substituents is 1. The number of aromatic nitrogens is 1. The zero-order chi connectivity index (χ0) is 11.9. The summed E-state index contributed by atoms with van der Waals surface area (Å²) in [6.07, 6.45) is 0. The predicted molar refractivity (Wildman–Crippen MR) is 53.1 cm³/mol. The Kier molecular flexibility index (Phi) is 2.26. The van der Waals surface area contributed by atoms with Gasteiger partial charge in [-0.05, 0) is 19.1 Å². The minimum atomic E-state index is -1.06. The molecule has 0 aliphatic rings. The Morgan fingerprint density at radius 1 is 1.38 bits per heavy atom. The van der Waals surface area contributed by atoms with Crippen LogP contribution in [0, 0.1) is 28.7 Å². The van der Waals surface area contributed by atoms with Crippen LogP contribution in [0.5, 0.6) is 0 Å². The molecule has 0 saturated carbocycles.